The summed E-state index contributed by atoms with van der Waals surface area (Å²) in [5.74, 6) is -0.473. The molecule has 0 spiro atoms. The van der Waals surface area contributed by atoms with Crippen LogP contribution < -0.4 is 5.32 Å². The highest BCUT2D eigenvalue weighted by molar-refractivity contribution is 6.30. The predicted molar refractivity (Wildman–Crippen MR) is 75.2 cm³/mol. The minimum absolute atomic E-state index is 0.278. The van der Waals surface area contributed by atoms with Gasteiger partial charge in [0, 0.05) is 17.8 Å². The monoisotopic (exact) mass is 294 g/mol. The van der Waals surface area contributed by atoms with Gasteiger partial charge in [-0.15, -0.1) is 0 Å². The number of hydrogen-bond acceptors (Lipinski definition) is 3. The molecule has 0 aliphatic carbocycles. The summed E-state index contributed by atoms with van der Waals surface area (Å²) in [4.78, 5) is 25.3. The third-order valence-electron chi connectivity index (χ3n) is 3.34. The van der Waals surface area contributed by atoms with Crippen LogP contribution >= 0.6 is 11.6 Å². The fraction of sp³-hybridized carbons (Fsp3) is 0.286. The summed E-state index contributed by atoms with van der Waals surface area (Å²) in [5, 5.41) is 3.31. The first-order valence-corrected chi connectivity index (χ1v) is 6.42. The number of urea groups is 1. The van der Waals surface area contributed by atoms with Crippen molar-refractivity contribution >= 4 is 23.6 Å². The molecule has 0 aromatic heterocycles. The van der Waals surface area contributed by atoms with E-state index in [4.69, 9.17) is 16.3 Å². The van der Waals surface area contributed by atoms with Crippen molar-refractivity contribution in [3.63, 3.8) is 0 Å². The molecule has 0 unspecified atom stereocenters. The standard InChI is InChI=1S/C14H15ClN2O3/c1-8-11(13(18)20-3)12(16-14(19)17(8)2)9-5-4-6-10(15)7-9/h4-7,12H,1-3H3,(H,16,19)/t12-/m1/s1. The summed E-state index contributed by atoms with van der Waals surface area (Å²) in [6.07, 6.45) is 0. The van der Waals surface area contributed by atoms with Gasteiger partial charge in [0.15, 0.2) is 0 Å². The topological polar surface area (TPSA) is 58.6 Å². The van der Waals surface area contributed by atoms with E-state index >= 15 is 0 Å². The average Bonchev–Trinajstić information content (AvgIpc) is 2.43. The summed E-state index contributed by atoms with van der Waals surface area (Å²) in [5.41, 5.74) is 1.70. The Hall–Kier alpha value is -2.01. The van der Waals surface area contributed by atoms with Crippen LogP contribution in [0.5, 0.6) is 0 Å². The minimum atomic E-state index is -0.565. The lowest BCUT2D eigenvalue weighted by atomic mass is 9.95. The Kier molecular flexibility index (Phi) is 3.99. The second-order valence-electron chi connectivity index (χ2n) is 4.49. The molecule has 106 valence electrons. The Bertz CT molecular complexity index is 598. The van der Waals surface area contributed by atoms with Gasteiger partial charge in [0.05, 0.1) is 18.7 Å². The highest BCUT2D eigenvalue weighted by Crippen LogP contribution is 2.31. The number of allylic oxidation sites excluding steroid dienone is 1. The Balaban J connectivity index is 2.55. The summed E-state index contributed by atoms with van der Waals surface area (Å²) < 4.78 is 4.82. The first kappa shape index (κ1) is 14.4. The molecule has 0 bridgehead atoms. The van der Waals surface area contributed by atoms with Crippen LogP contribution in [-0.2, 0) is 9.53 Å². The number of ether oxygens (including phenoxy) is 1. The fourth-order valence-corrected chi connectivity index (χ4v) is 2.34. The second kappa shape index (κ2) is 5.54. The number of nitrogens with zero attached hydrogens (tertiary/aromatic N) is 1. The van der Waals surface area contributed by atoms with E-state index < -0.39 is 12.0 Å². The van der Waals surface area contributed by atoms with Gasteiger partial charge in [0.2, 0.25) is 0 Å². The molecule has 5 nitrogen and oxygen atoms in total. The van der Waals surface area contributed by atoms with Crippen molar-refractivity contribution in [2.75, 3.05) is 14.2 Å². The number of nitrogens with one attached hydrogen (secondary N) is 1. The van der Waals surface area contributed by atoms with Gasteiger partial charge in [0.25, 0.3) is 0 Å². The lowest BCUT2D eigenvalue weighted by molar-refractivity contribution is -0.136. The van der Waals surface area contributed by atoms with E-state index in [9.17, 15) is 9.59 Å². The molecule has 0 saturated carbocycles. The number of carbonyl (C=O) groups is 2. The number of carbonyl (C=O) groups excluding carboxylic acids is 2. The normalized spacial score (nSPS) is 18.9. The molecular formula is C14H15ClN2O3. The average molecular weight is 295 g/mol. The predicted octanol–water partition coefficient (Wildman–Crippen LogP) is 2.48. The zero-order valence-electron chi connectivity index (χ0n) is 11.4. The van der Waals surface area contributed by atoms with Crippen molar-refractivity contribution in [3.8, 4) is 0 Å². The Labute approximate surface area is 122 Å². The van der Waals surface area contributed by atoms with Gasteiger partial charge in [-0.05, 0) is 24.6 Å². The molecule has 1 aromatic carbocycles. The van der Waals surface area contributed by atoms with Crippen LogP contribution in [0.4, 0.5) is 4.79 Å². The van der Waals surface area contributed by atoms with Gasteiger partial charge >= 0.3 is 12.0 Å². The van der Waals surface area contributed by atoms with E-state index in [0.29, 0.717) is 16.3 Å². The molecule has 1 atom stereocenters. The molecule has 1 aliphatic heterocycles. The van der Waals surface area contributed by atoms with Crippen LogP contribution in [0.25, 0.3) is 0 Å². The van der Waals surface area contributed by atoms with Crippen LogP contribution in [0.15, 0.2) is 35.5 Å². The van der Waals surface area contributed by atoms with E-state index in [1.54, 1.807) is 38.2 Å². The largest absolute Gasteiger partial charge is 0.466 e. The van der Waals surface area contributed by atoms with Crippen LogP contribution in [0.1, 0.15) is 18.5 Å². The van der Waals surface area contributed by atoms with Gasteiger partial charge in [-0.3, -0.25) is 0 Å². The van der Waals surface area contributed by atoms with Gasteiger partial charge in [-0.25, -0.2) is 9.59 Å². The van der Waals surface area contributed by atoms with Gasteiger partial charge in [0.1, 0.15) is 0 Å². The van der Waals surface area contributed by atoms with Crippen molar-refractivity contribution in [2.24, 2.45) is 0 Å². The lowest BCUT2D eigenvalue weighted by Gasteiger charge is -2.33. The molecule has 6 heteroatoms. The van der Waals surface area contributed by atoms with Crippen LogP contribution in [-0.4, -0.2) is 31.1 Å². The summed E-state index contributed by atoms with van der Waals surface area (Å²) in [7, 11) is 2.91. The molecule has 0 saturated heterocycles. The molecule has 1 aliphatic rings. The smallest absolute Gasteiger partial charge is 0.337 e. The molecule has 2 amide bonds. The van der Waals surface area contributed by atoms with E-state index in [1.807, 2.05) is 0 Å². The van der Waals surface area contributed by atoms with Crippen LogP contribution in [0.2, 0.25) is 5.02 Å². The molecular weight excluding hydrogens is 280 g/mol. The maximum Gasteiger partial charge on any atom is 0.337 e. The van der Waals surface area contributed by atoms with Crippen LogP contribution in [0.3, 0.4) is 0 Å². The van der Waals surface area contributed by atoms with Crippen molar-refractivity contribution < 1.29 is 14.3 Å². The number of rotatable bonds is 2. The zero-order chi connectivity index (χ0) is 14.9. The van der Waals surface area contributed by atoms with Gasteiger partial charge < -0.3 is 15.0 Å². The summed E-state index contributed by atoms with van der Waals surface area (Å²) in [6, 6.07) is 6.18. The Morgan fingerprint density at radius 2 is 2.15 bits per heavy atom. The number of esters is 1. The summed E-state index contributed by atoms with van der Waals surface area (Å²) in [6.45, 7) is 1.71. The molecule has 0 fully saturated rings. The number of benzene rings is 1. The Morgan fingerprint density at radius 3 is 2.75 bits per heavy atom. The van der Waals surface area contributed by atoms with Crippen molar-refractivity contribution in [2.45, 2.75) is 13.0 Å². The summed E-state index contributed by atoms with van der Waals surface area (Å²) >= 11 is 5.97. The number of amides is 2. The van der Waals surface area contributed by atoms with Crippen molar-refractivity contribution in [1.82, 2.24) is 10.2 Å². The van der Waals surface area contributed by atoms with Crippen molar-refractivity contribution in [1.29, 1.82) is 0 Å². The molecule has 1 N–H and O–H groups in total. The zero-order valence-corrected chi connectivity index (χ0v) is 12.2. The Morgan fingerprint density at radius 1 is 1.45 bits per heavy atom. The van der Waals surface area contributed by atoms with Crippen LogP contribution in [0, 0.1) is 0 Å². The highest BCUT2D eigenvalue weighted by atomic mass is 35.5. The maximum absolute atomic E-state index is 12.0. The lowest BCUT2D eigenvalue weighted by Crippen LogP contribution is -2.46. The molecule has 20 heavy (non-hydrogen) atoms. The third-order valence-corrected chi connectivity index (χ3v) is 3.58. The minimum Gasteiger partial charge on any atom is -0.466 e. The number of halogens is 1. The van der Waals surface area contributed by atoms with E-state index in [2.05, 4.69) is 5.32 Å². The number of hydrogen-bond donors (Lipinski definition) is 1. The highest BCUT2D eigenvalue weighted by Gasteiger charge is 2.34. The molecule has 2 rings (SSSR count). The maximum atomic E-state index is 12.0. The molecule has 0 radical (unpaired) electrons. The van der Waals surface area contributed by atoms with E-state index in [0.717, 1.165) is 5.56 Å². The van der Waals surface area contributed by atoms with Gasteiger partial charge in [-0.2, -0.15) is 0 Å². The first-order chi connectivity index (χ1) is 9.45. The third kappa shape index (κ3) is 2.49. The van der Waals surface area contributed by atoms with E-state index in [-0.39, 0.29) is 6.03 Å². The van der Waals surface area contributed by atoms with Gasteiger partial charge in [-0.1, -0.05) is 23.7 Å². The first-order valence-electron chi connectivity index (χ1n) is 6.04. The second-order valence-corrected chi connectivity index (χ2v) is 4.92. The van der Waals surface area contributed by atoms with E-state index in [1.165, 1.54) is 12.0 Å². The van der Waals surface area contributed by atoms with Crippen molar-refractivity contribution in [3.05, 3.63) is 46.1 Å². The molecule has 1 aromatic rings. The fourth-order valence-electron chi connectivity index (χ4n) is 2.15. The number of methoxy groups -OCH3 is 1. The SMILES string of the molecule is COC(=O)C1=C(C)N(C)C(=O)N[C@@H]1c1cccc(Cl)c1. The molecule has 1 heterocycles. The quantitative estimate of drug-likeness (QED) is 0.853.